The fourth-order valence-corrected chi connectivity index (χ4v) is 3.37. The summed E-state index contributed by atoms with van der Waals surface area (Å²) in [6.45, 7) is 0.880. The van der Waals surface area contributed by atoms with Crippen LogP contribution < -0.4 is 5.32 Å². The highest BCUT2D eigenvalue weighted by Crippen LogP contribution is 2.31. The summed E-state index contributed by atoms with van der Waals surface area (Å²) in [7, 11) is 0. The second-order valence-corrected chi connectivity index (χ2v) is 5.65. The summed E-state index contributed by atoms with van der Waals surface area (Å²) in [4.78, 5) is 4.52. The lowest BCUT2D eigenvalue weighted by Crippen LogP contribution is -2.21. The number of benzene rings is 2. The molecule has 3 heterocycles. The van der Waals surface area contributed by atoms with Crippen molar-refractivity contribution in [3.63, 3.8) is 0 Å². The zero-order valence-corrected chi connectivity index (χ0v) is 11.9. The number of pyridine rings is 1. The van der Waals surface area contributed by atoms with Crippen molar-refractivity contribution in [2.24, 2.45) is 0 Å². The average Bonchev–Trinajstić information content (AvgIpc) is 3.18. The van der Waals surface area contributed by atoms with Crippen LogP contribution in [0.5, 0.6) is 0 Å². The van der Waals surface area contributed by atoms with Crippen molar-refractivity contribution >= 4 is 21.8 Å². The van der Waals surface area contributed by atoms with Crippen molar-refractivity contribution in [1.82, 2.24) is 20.1 Å². The minimum Gasteiger partial charge on any atom is -0.288 e. The van der Waals surface area contributed by atoms with Crippen LogP contribution in [0.3, 0.4) is 0 Å². The fraction of sp³-hybridized carbons (Fsp3) is 0.111. The van der Waals surface area contributed by atoms with E-state index in [2.05, 4.69) is 56.5 Å². The van der Waals surface area contributed by atoms with Gasteiger partial charge >= 0.3 is 0 Å². The summed E-state index contributed by atoms with van der Waals surface area (Å²) in [5.41, 5.74) is 4.78. The van der Waals surface area contributed by atoms with E-state index in [0.717, 1.165) is 28.4 Å². The quantitative estimate of drug-likeness (QED) is 0.584. The third-order valence-corrected chi connectivity index (χ3v) is 4.41. The molecule has 4 aromatic rings. The Hall–Kier alpha value is -2.72. The van der Waals surface area contributed by atoms with Crippen LogP contribution in [0.25, 0.3) is 21.8 Å². The van der Waals surface area contributed by atoms with E-state index in [1.807, 2.05) is 24.5 Å². The first-order valence-electron chi connectivity index (χ1n) is 7.44. The first kappa shape index (κ1) is 11.9. The molecule has 1 atom stereocenters. The second kappa shape index (κ2) is 4.39. The van der Waals surface area contributed by atoms with Crippen molar-refractivity contribution in [1.29, 1.82) is 0 Å². The molecule has 106 valence electrons. The van der Waals surface area contributed by atoms with E-state index in [9.17, 15) is 0 Å². The molecule has 0 fully saturated rings. The molecule has 0 saturated heterocycles. The molecule has 22 heavy (non-hydrogen) atoms. The number of hydrogen-bond donors (Lipinski definition) is 1. The summed E-state index contributed by atoms with van der Waals surface area (Å²) < 4.78 is 2.09. The van der Waals surface area contributed by atoms with Crippen molar-refractivity contribution in [3.8, 4) is 0 Å². The molecule has 1 N–H and O–H groups in total. The molecule has 1 unspecified atom stereocenters. The average molecular weight is 286 g/mol. The van der Waals surface area contributed by atoms with E-state index >= 15 is 0 Å². The van der Waals surface area contributed by atoms with Gasteiger partial charge in [0.2, 0.25) is 0 Å². The third-order valence-electron chi connectivity index (χ3n) is 4.41. The summed E-state index contributed by atoms with van der Waals surface area (Å²) in [6, 6.07) is 16.8. The van der Waals surface area contributed by atoms with Crippen LogP contribution >= 0.6 is 0 Å². The molecule has 1 aliphatic heterocycles. The molecule has 0 amide bonds. The molecule has 1 aliphatic rings. The molecule has 0 bridgehead atoms. The Bertz CT molecular complexity index is 1000. The van der Waals surface area contributed by atoms with Crippen LogP contribution in [0.15, 0.2) is 60.9 Å². The van der Waals surface area contributed by atoms with Crippen LogP contribution in [0.2, 0.25) is 0 Å². The van der Waals surface area contributed by atoms with Crippen LogP contribution in [0.1, 0.15) is 17.3 Å². The van der Waals surface area contributed by atoms with Gasteiger partial charge in [0.25, 0.3) is 0 Å². The normalized spacial score (nSPS) is 17.2. The standard InChI is InChI=1S/C18H14N4/c1-2-6-14-12(5-1)9-20-18(14)22-17-13(11-21-22)10-19-16-8-4-3-7-15(16)17/h1-8,10-11,18,20H,9H2. The Morgan fingerprint density at radius 2 is 1.86 bits per heavy atom. The van der Waals surface area contributed by atoms with Crippen molar-refractivity contribution in [2.45, 2.75) is 12.7 Å². The minimum absolute atomic E-state index is 0.0829. The fourth-order valence-electron chi connectivity index (χ4n) is 3.37. The SMILES string of the molecule is c1ccc2c(c1)CNC2n1ncc2cnc3ccccc3c21. The Labute approximate surface area is 127 Å². The molecule has 2 aromatic carbocycles. The number of aromatic nitrogens is 3. The molecular formula is C18H14N4. The molecule has 0 saturated carbocycles. The first-order chi connectivity index (χ1) is 10.9. The Kier molecular flexibility index (Phi) is 2.37. The minimum atomic E-state index is 0.0829. The van der Waals surface area contributed by atoms with E-state index in [1.54, 1.807) is 0 Å². The maximum absolute atomic E-state index is 4.64. The van der Waals surface area contributed by atoms with Gasteiger partial charge in [-0.05, 0) is 17.2 Å². The molecule has 5 rings (SSSR count). The van der Waals surface area contributed by atoms with E-state index in [-0.39, 0.29) is 6.17 Å². The molecule has 4 heteroatoms. The zero-order valence-electron chi connectivity index (χ0n) is 11.9. The number of rotatable bonds is 1. The van der Waals surface area contributed by atoms with Crippen LogP contribution in [0.4, 0.5) is 0 Å². The van der Waals surface area contributed by atoms with Crippen molar-refractivity contribution in [2.75, 3.05) is 0 Å². The van der Waals surface area contributed by atoms with Crippen LogP contribution in [-0.4, -0.2) is 14.8 Å². The first-order valence-corrected chi connectivity index (χ1v) is 7.44. The number of hydrogen-bond acceptors (Lipinski definition) is 3. The van der Waals surface area contributed by atoms with E-state index < -0.39 is 0 Å². The predicted molar refractivity (Wildman–Crippen MR) is 86.5 cm³/mol. The zero-order chi connectivity index (χ0) is 14.5. The lowest BCUT2D eigenvalue weighted by molar-refractivity contribution is 0.475. The van der Waals surface area contributed by atoms with Gasteiger partial charge in [0.05, 0.1) is 17.2 Å². The summed E-state index contributed by atoms with van der Waals surface area (Å²) in [5, 5.41) is 10.4. The van der Waals surface area contributed by atoms with Gasteiger partial charge in [-0.15, -0.1) is 0 Å². The number of para-hydroxylation sites is 1. The van der Waals surface area contributed by atoms with Gasteiger partial charge in [0.1, 0.15) is 6.17 Å². The Morgan fingerprint density at radius 1 is 1.00 bits per heavy atom. The number of nitrogens with one attached hydrogen (secondary N) is 1. The summed E-state index contributed by atoms with van der Waals surface area (Å²) >= 11 is 0. The Balaban J connectivity index is 1.81. The van der Waals surface area contributed by atoms with Gasteiger partial charge in [-0.1, -0.05) is 42.5 Å². The Morgan fingerprint density at radius 3 is 2.86 bits per heavy atom. The second-order valence-electron chi connectivity index (χ2n) is 5.65. The van der Waals surface area contributed by atoms with E-state index in [4.69, 9.17) is 0 Å². The summed E-state index contributed by atoms with van der Waals surface area (Å²) in [5.74, 6) is 0. The molecule has 4 nitrogen and oxygen atoms in total. The number of fused-ring (bicyclic) bond motifs is 4. The topological polar surface area (TPSA) is 42.7 Å². The van der Waals surface area contributed by atoms with Gasteiger partial charge in [-0.25, -0.2) is 4.68 Å². The molecule has 0 radical (unpaired) electrons. The maximum atomic E-state index is 4.64. The van der Waals surface area contributed by atoms with E-state index in [1.165, 1.54) is 11.1 Å². The highest BCUT2D eigenvalue weighted by molar-refractivity contribution is 6.03. The molecule has 0 aliphatic carbocycles. The smallest absolute Gasteiger partial charge is 0.128 e. The van der Waals surface area contributed by atoms with Gasteiger partial charge in [-0.3, -0.25) is 10.3 Å². The maximum Gasteiger partial charge on any atom is 0.128 e. The number of nitrogens with zero attached hydrogens (tertiary/aromatic N) is 3. The van der Waals surface area contributed by atoms with Crippen molar-refractivity contribution < 1.29 is 0 Å². The lowest BCUT2D eigenvalue weighted by Gasteiger charge is -2.15. The highest BCUT2D eigenvalue weighted by Gasteiger charge is 2.25. The van der Waals surface area contributed by atoms with Gasteiger partial charge < -0.3 is 0 Å². The highest BCUT2D eigenvalue weighted by atomic mass is 15.4. The molecular weight excluding hydrogens is 272 g/mol. The van der Waals surface area contributed by atoms with Crippen molar-refractivity contribution in [3.05, 3.63) is 72.1 Å². The van der Waals surface area contributed by atoms with Gasteiger partial charge in [0, 0.05) is 23.5 Å². The predicted octanol–water partition coefficient (Wildman–Crippen LogP) is 3.23. The third kappa shape index (κ3) is 1.55. The van der Waals surface area contributed by atoms with E-state index in [0.29, 0.717) is 0 Å². The van der Waals surface area contributed by atoms with Gasteiger partial charge in [0.15, 0.2) is 0 Å². The van der Waals surface area contributed by atoms with Crippen LogP contribution in [-0.2, 0) is 6.54 Å². The lowest BCUT2D eigenvalue weighted by atomic mass is 10.1. The molecule has 0 spiro atoms. The summed E-state index contributed by atoms with van der Waals surface area (Å²) in [6.07, 6.45) is 3.89. The van der Waals surface area contributed by atoms with Crippen LogP contribution in [0, 0.1) is 0 Å². The van der Waals surface area contributed by atoms with Gasteiger partial charge in [-0.2, -0.15) is 5.10 Å². The monoisotopic (exact) mass is 286 g/mol. The largest absolute Gasteiger partial charge is 0.288 e. The molecule has 2 aromatic heterocycles.